The smallest absolute Gasteiger partial charge is 0.0637 e. The summed E-state index contributed by atoms with van der Waals surface area (Å²) in [6.07, 6.45) is 4.99. The maximum absolute atomic E-state index is 9.43. The van der Waals surface area contributed by atoms with Crippen molar-refractivity contribution in [3.8, 4) is 0 Å². The molecule has 2 nitrogen and oxygen atoms in total. The van der Waals surface area contributed by atoms with E-state index in [0.29, 0.717) is 5.92 Å². The second kappa shape index (κ2) is 5.55. The van der Waals surface area contributed by atoms with Crippen molar-refractivity contribution in [1.29, 1.82) is 0 Å². The molecule has 16 heavy (non-hydrogen) atoms. The third-order valence-corrected chi connectivity index (χ3v) is 3.71. The van der Waals surface area contributed by atoms with Crippen LogP contribution in [0.2, 0.25) is 5.02 Å². The van der Waals surface area contributed by atoms with Crippen LogP contribution in [0, 0.1) is 5.92 Å². The monoisotopic (exact) mass is 239 g/mol. The van der Waals surface area contributed by atoms with E-state index in [1.165, 1.54) is 25.7 Å². The number of para-hydroxylation sites is 1. The molecule has 1 fully saturated rings. The third kappa shape index (κ3) is 2.69. The molecule has 0 aromatic heterocycles. The summed E-state index contributed by atoms with van der Waals surface area (Å²) in [6, 6.07) is 7.84. The van der Waals surface area contributed by atoms with Gasteiger partial charge in [0.25, 0.3) is 0 Å². The summed E-state index contributed by atoms with van der Waals surface area (Å²) in [4.78, 5) is 0. The summed E-state index contributed by atoms with van der Waals surface area (Å²) in [7, 11) is 0. The number of benzene rings is 1. The molecule has 2 rings (SSSR count). The van der Waals surface area contributed by atoms with Crippen molar-refractivity contribution in [2.45, 2.75) is 31.7 Å². The number of halogens is 1. The number of aliphatic hydroxyl groups is 1. The Balaban J connectivity index is 2.03. The van der Waals surface area contributed by atoms with Crippen LogP contribution in [-0.2, 0) is 0 Å². The summed E-state index contributed by atoms with van der Waals surface area (Å²) in [5, 5.41) is 13.5. The molecular weight excluding hydrogens is 222 g/mol. The molecule has 1 saturated carbocycles. The van der Waals surface area contributed by atoms with E-state index in [9.17, 15) is 5.11 Å². The molecular formula is C13H18ClNO. The SMILES string of the molecule is OCC(Nc1ccccc1Cl)C1CCCC1. The van der Waals surface area contributed by atoms with Crippen molar-refractivity contribution in [2.75, 3.05) is 11.9 Å². The van der Waals surface area contributed by atoms with Crippen molar-refractivity contribution in [3.05, 3.63) is 29.3 Å². The van der Waals surface area contributed by atoms with E-state index < -0.39 is 0 Å². The van der Waals surface area contributed by atoms with E-state index in [1.54, 1.807) is 0 Å². The largest absolute Gasteiger partial charge is 0.394 e. The van der Waals surface area contributed by atoms with Crippen LogP contribution in [0.4, 0.5) is 5.69 Å². The fourth-order valence-electron chi connectivity index (χ4n) is 2.45. The van der Waals surface area contributed by atoms with E-state index >= 15 is 0 Å². The Morgan fingerprint density at radius 3 is 2.62 bits per heavy atom. The van der Waals surface area contributed by atoms with E-state index in [2.05, 4.69) is 5.32 Å². The maximum Gasteiger partial charge on any atom is 0.0637 e. The molecule has 88 valence electrons. The Kier molecular flexibility index (Phi) is 4.08. The van der Waals surface area contributed by atoms with E-state index in [4.69, 9.17) is 11.6 Å². The summed E-state index contributed by atoms with van der Waals surface area (Å²) in [6.45, 7) is 0.176. The highest BCUT2D eigenvalue weighted by molar-refractivity contribution is 6.33. The van der Waals surface area contributed by atoms with Gasteiger partial charge in [0.2, 0.25) is 0 Å². The van der Waals surface area contributed by atoms with Crippen molar-refractivity contribution in [1.82, 2.24) is 0 Å². The molecule has 0 spiro atoms. The zero-order chi connectivity index (χ0) is 11.4. The van der Waals surface area contributed by atoms with Crippen molar-refractivity contribution < 1.29 is 5.11 Å². The molecule has 1 aromatic rings. The highest BCUT2D eigenvalue weighted by Gasteiger charge is 2.24. The van der Waals surface area contributed by atoms with E-state index in [-0.39, 0.29) is 12.6 Å². The lowest BCUT2D eigenvalue weighted by atomic mass is 9.98. The molecule has 0 bridgehead atoms. The highest BCUT2D eigenvalue weighted by atomic mass is 35.5. The van der Waals surface area contributed by atoms with Gasteiger partial charge in [-0.15, -0.1) is 0 Å². The number of hydrogen-bond donors (Lipinski definition) is 2. The fraction of sp³-hybridized carbons (Fsp3) is 0.538. The standard InChI is InChI=1S/C13H18ClNO/c14-11-7-3-4-8-12(11)15-13(9-16)10-5-1-2-6-10/h3-4,7-8,10,13,15-16H,1-2,5-6,9H2. The van der Waals surface area contributed by atoms with Gasteiger partial charge in [0.15, 0.2) is 0 Å². The van der Waals surface area contributed by atoms with Gasteiger partial charge >= 0.3 is 0 Å². The molecule has 1 aromatic carbocycles. The van der Waals surface area contributed by atoms with E-state index in [0.717, 1.165) is 10.7 Å². The van der Waals surface area contributed by atoms with Gasteiger partial charge in [0, 0.05) is 0 Å². The molecule has 0 heterocycles. The Bertz CT molecular complexity index is 336. The number of rotatable bonds is 4. The Hall–Kier alpha value is -0.730. The van der Waals surface area contributed by atoms with Gasteiger partial charge in [-0.3, -0.25) is 0 Å². The van der Waals surface area contributed by atoms with Crippen LogP contribution in [0.25, 0.3) is 0 Å². The Morgan fingerprint density at radius 2 is 2.00 bits per heavy atom. The van der Waals surface area contributed by atoms with Gasteiger partial charge in [-0.1, -0.05) is 36.6 Å². The first-order valence-corrected chi connectivity index (χ1v) is 6.31. The van der Waals surface area contributed by atoms with Crippen molar-refractivity contribution in [2.24, 2.45) is 5.92 Å². The van der Waals surface area contributed by atoms with Crippen molar-refractivity contribution >= 4 is 17.3 Å². The molecule has 0 aliphatic heterocycles. The first-order chi connectivity index (χ1) is 7.81. The minimum absolute atomic E-state index is 0.141. The lowest BCUT2D eigenvalue weighted by Crippen LogP contribution is -2.31. The zero-order valence-corrected chi connectivity index (χ0v) is 10.1. The van der Waals surface area contributed by atoms with Crippen LogP contribution in [0.5, 0.6) is 0 Å². The fourth-order valence-corrected chi connectivity index (χ4v) is 2.64. The topological polar surface area (TPSA) is 32.3 Å². The minimum atomic E-state index is 0.141. The van der Waals surface area contributed by atoms with Gasteiger partial charge in [0.05, 0.1) is 23.4 Å². The predicted octanol–water partition coefficient (Wildman–Crippen LogP) is 3.30. The molecule has 0 amide bonds. The normalized spacial score (nSPS) is 18.6. The van der Waals surface area contributed by atoms with Gasteiger partial charge in [0.1, 0.15) is 0 Å². The summed E-state index contributed by atoms with van der Waals surface area (Å²) in [5.41, 5.74) is 0.926. The average Bonchev–Trinajstić information content (AvgIpc) is 2.81. The lowest BCUT2D eigenvalue weighted by molar-refractivity contribution is 0.238. The van der Waals surface area contributed by atoms with Crippen LogP contribution in [0.15, 0.2) is 24.3 Å². The van der Waals surface area contributed by atoms with Crippen LogP contribution in [0.3, 0.4) is 0 Å². The summed E-state index contributed by atoms with van der Waals surface area (Å²) < 4.78 is 0. The zero-order valence-electron chi connectivity index (χ0n) is 9.32. The third-order valence-electron chi connectivity index (χ3n) is 3.38. The maximum atomic E-state index is 9.43. The first-order valence-electron chi connectivity index (χ1n) is 5.93. The number of aliphatic hydroxyl groups excluding tert-OH is 1. The molecule has 1 aliphatic rings. The Labute approximate surface area is 102 Å². The number of nitrogens with one attached hydrogen (secondary N) is 1. The molecule has 2 N–H and O–H groups in total. The Morgan fingerprint density at radius 1 is 1.31 bits per heavy atom. The number of hydrogen-bond acceptors (Lipinski definition) is 2. The molecule has 0 radical (unpaired) electrons. The summed E-state index contributed by atoms with van der Waals surface area (Å²) >= 11 is 6.09. The van der Waals surface area contributed by atoms with Gasteiger partial charge < -0.3 is 10.4 Å². The summed E-state index contributed by atoms with van der Waals surface area (Å²) in [5.74, 6) is 0.585. The molecule has 1 atom stereocenters. The van der Waals surface area contributed by atoms with Gasteiger partial charge in [-0.05, 0) is 30.9 Å². The second-order valence-electron chi connectivity index (χ2n) is 4.46. The second-order valence-corrected chi connectivity index (χ2v) is 4.86. The molecule has 3 heteroatoms. The predicted molar refractivity (Wildman–Crippen MR) is 67.9 cm³/mol. The molecule has 1 unspecified atom stereocenters. The first kappa shape index (κ1) is 11.7. The van der Waals surface area contributed by atoms with Crippen LogP contribution in [0.1, 0.15) is 25.7 Å². The lowest BCUT2D eigenvalue weighted by Gasteiger charge is -2.24. The van der Waals surface area contributed by atoms with Gasteiger partial charge in [-0.25, -0.2) is 0 Å². The average molecular weight is 240 g/mol. The van der Waals surface area contributed by atoms with Crippen molar-refractivity contribution in [3.63, 3.8) is 0 Å². The van der Waals surface area contributed by atoms with Crippen LogP contribution < -0.4 is 5.32 Å². The van der Waals surface area contributed by atoms with Crippen LogP contribution in [-0.4, -0.2) is 17.8 Å². The minimum Gasteiger partial charge on any atom is -0.394 e. The number of anilines is 1. The van der Waals surface area contributed by atoms with Crippen LogP contribution >= 0.6 is 11.6 Å². The molecule has 0 saturated heterocycles. The van der Waals surface area contributed by atoms with Gasteiger partial charge in [-0.2, -0.15) is 0 Å². The quantitative estimate of drug-likeness (QED) is 0.845. The highest BCUT2D eigenvalue weighted by Crippen LogP contribution is 2.30. The van der Waals surface area contributed by atoms with E-state index in [1.807, 2.05) is 24.3 Å². The molecule has 1 aliphatic carbocycles.